The number of hydrogen-bond acceptors (Lipinski definition) is 4. The van der Waals surface area contributed by atoms with Crippen molar-refractivity contribution in [1.82, 2.24) is 5.32 Å². The van der Waals surface area contributed by atoms with Crippen LogP contribution in [0.4, 0.5) is 11.4 Å². The van der Waals surface area contributed by atoms with Gasteiger partial charge in [0, 0.05) is 25.0 Å². The lowest BCUT2D eigenvalue weighted by molar-refractivity contribution is -0.114. The molecule has 24 heavy (non-hydrogen) atoms. The van der Waals surface area contributed by atoms with Crippen LogP contribution in [0.5, 0.6) is 0 Å². The first-order valence-electron chi connectivity index (χ1n) is 7.65. The fourth-order valence-corrected chi connectivity index (χ4v) is 2.10. The predicted octanol–water partition coefficient (Wildman–Crippen LogP) is 2.11. The first-order chi connectivity index (χ1) is 11.7. The third-order valence-corrected chi connectivity index (χ3v) is 3.26. The van der Waals surface area contributed by atoms with E-state index >= 15 is 0 Å². The van der Waals surface area contributed by atoms with Crippen LogP contribution in [0.25, 0.3) is 0 Å². The first kappa shape index (κ1) is 17.5. The van der Waals surface area contributed by atoms with Crippen molar-refractivity contribution in [3.8, 4) is 0 Å². The molecule has 3 N–H and O–H groups in total. The van der Waals surface area contributed by atoms with Crippen LogP contribution in [0.2, 0.25) is 0 Å². The Morgan fingerprint density at radius 1 is 1.00 bits per heavy atom. The van der Waals surface area contributed by atoms with Crippen molar-refractivity contribution >= 4 is 23.2 Å². The van der Waals surface area contributed by atoms with Crippen molar-refractivity contribution in [2.45, 2.75) is 0 Å². The monoisotopic (exact) mass is 327 g/mol. The number of anilines is 2. The minimum Gasteiger partial charge on any atom is -0.383 e. The van der Waals surface area contributed by atoms with E-state index in [4.69, 9.17) is 4.74 Å². The van der Waals surface area contributed by atoms with E-state index in [1.54, 1.807) is 25.3 Å². The molecular weight excluding hydrogens is 306 g/mol. The fourth-order valence-electron chi connectivity index (χ4n) is 2.10. The zero-order valence-corrected chi connectivity index (χ0v) is 13.5. The van der Waals surface area contributed by atoms with Crippen LogP contribution in [0.3, 0.4) is 0 Å². The molecule has 0 atom stereocenters. The Hall–Kier alpha value is -2.86. The molecule has 0 radical (unpaired) electrons. The minimum absolute atomic E-state index is 0.0667. The molecular formula is C18H21N3O3. The summed E-state index contributed by atoms with van der Waals surface area (Å²) in [5.74, 6) is -0.394. The van der Waals surface area contributed by atoms with Crippen LogP contribution in [0.15, 0.2) is 54.6 Å². The highest BCUT2D eigenvalue weighted by atomic mass is 16.5. The number of nitrogens with one attached hydrogen (secondary N) is 3. The minimum atomic E-state index is -0.210. The normalized spacial score (nSPS) is 10.0. The summed E-state index contributed by atoms with van der Waals surface area (Å²) in [4.78, 5) is 24.2. The van der Waals surface area contributed by atoms with E-state index in [9.17, 15) is 9.59 Å². The lowest BCUT2D eigenvalue weighted by Crippen LogP contribution is -2.28. The molecule has 2 aromatic rings. The third kappa shape index (κ3) is 5.40. The molecule has 0 saturated heterocycles. The largest absolute Gasteiger partial charge is 0.383 e. The second-order valence-corrected chi connectivity index (χ2v) is 5.06. The molecule has 0 aliphatic rings. The summed E-state index contributed by atoms with van der Waals surface area (Å²) >= 11 is 0. The molecule has 2 aromatic carbocycles. The van der Waals surface area contributed by atoms with Gasteiger partial charge < -0.3 is 20.7 Å². The Balaban J connectivity index is 1.92. The number of methoxy groups -OCH3 is 1. The maximum atomic E-state index is 12.2. The lowest BCUT2D eigenvalue weighted by atomic mass is 10.1. The SMILES string of the molecule is COCCNC(=O)c1ccccc1NCC(=O)Nc1ccccc1. The number of amides is 2. The van der Waals surface area contributed by atoms with Gasteiger partial charge in [-0.2, -0.15) is 0 Å². The highest BCUT2D eigenvalue weighted by molar-refractivity contribution is 6.00. The van der Waals surface area contributed by atoms with Crippen molar-refractivity contribution in [2.24, 2.45) is 0 Å². The second kappa shape index (κ2) is 9.32. The van der Waals surface area contributed by atoms with E-state index in [-0.39, 0.29) is 18.4 Å². The Kier molecular flexibility index (Phi) is 6.79. The molecule has 0 bridgehead atoms. The summed E-state index contributed by atoms with van der Waals surface area (Å²) in [7, 11) is 1.58. The lowest BCUT2D eigenvalue weighted by Gasteiger charge is -2.12. The Labute approximate surface area is 141 Å². The van der Waals surface area contributed by atoms with Crippen LogP contribution >= 0.6 is 0 Å². The second-order valence-electron chi connectivity index (χ2n) is 5.06. The standard InChI is InChI=1S/C18H21N3O3/c1-24-12-11-19-18(23)15-9-5-6-10-16(15)20-13-17(22)21-14-7-3-2-4-8-14/h2-10,20H,11-13H2,1H3,(H,19,23)(H,21,22). The summed E-state index contributed by atoms with van der Waals surface area (Å²) < 4.78 is 4.91. The maximum Gasteiger partial charge on any atom is 0.253 e. The van der Waals surface area contributed by atoms with Gasteiger partial charge in [0.05, 0.1) is 18.7 Å². The average molecular weight is 327 g/mol. The third-order valence-electron chi connectivity index (χ3n) is 3.26. The number of carbonyl (C=O) groups excluding carboxylic acids is 2. The van der Waals surface area contributed by atoms with Gasteiger partial charge in [-0.3, -0.25) is 9.59 Å². The van der Waals surface area contributed by atoms with Gasteiger partial charge in [0.2, 0.25) is 5.91 Å². The zero-order valence-electron chi connectivity index (χ0n) is 13.5. The summed E-state index contributed by atoms with van der Waals surface area (Å²) in [6.07, 6.45) is 0. The van der Waals surface area contributed by atoms with Crippen LogP contribution in [0.1, 0.15) is 10.4 Å². The highest BCUT2D eigenvalue weighted by Gasteiger charge is 2.11. The van der Waals surface area contributed by atoms with Gasteiger partial charge >= 0.3 is 0 Å². The van der Waals surface area contributed by atoms with E-state index in [0.29, 0.717) is 24.4 Å². The van der Waals surface area contributed by atoms with Gasteiger partial charge in [0.1, 0.15) is 0 Å². The van der Waals surface area contributed by atoms with Crippen LogP contribution in [0, 0.1) is 0 Å². The molecule has 6 nitrogen and oxygen atoms in total. The molecule has 0 unspecified atom stereocenters. The molecule has 0 aliphatic carbocycles. The highest BCUT2D eigenvalue weighted by Crippen LogP contribution is 2.14. The van der Waals surface area contributed by atoms with Crippen molar-refractivity contribution in [2.75, 3.05) is 37.4 Å². The summed E-state index contributed by atoms with van der Waals surface area (Å²) in [6, 6.07) is 16.3. The van der Waals surface area contributed by atoms with E-state index in [1.165, 1.54) is 0 Å². The Bertz CT molecular complexity index is 674. The quantitative estimate of drug-likeness (QED) is 0.649. The van der Waals surface area contributed by atoms with Gasteiger partial charge in [-0.25, -0.2) is 0 Å². The van der Waals surface area contributed by atoms with Gasteiger partial charge in [-0.05, 0) is 24.3 Å². The van der Waals surface area contributed by atoms with Crippen molar-refractivity contribution in [1.29, 1.82) is 0 Å². The van der Waals surface area contributed by atoms with Crippen molar-refractivity contribution in [3.05, 3.63) is 60.2 Å². The van der Waals surface area contributed by atoms with Crippen LogP contribution in [-0.2, 0) is 9.53 Å². The van der Waals surface area contributed by atoms with Gasteiger partial charge in [0.25, 0.3) is 5.91 Å². The van der Waals surface area contributed by atoms with E-state index < -0.39 is 0 Å². The summed E-state index contributed by atoms with van der Waals surface area (Å²) in [5.41, 5.74) is 1.83. The molecule has 2 rings (SSSR count). The molecule has 6 heteroatoms. The topological polar surface area (TPSA) is 79.5 Å². The predicted molar refractivity (Wildman–Crippen MR) is 94.2 cm³/mol. The molecule has 0 heterocycles. The smallest absolute Gasteiger partial charge is 0.253 e. The van der Waals surface area contributed by atoms with E-state index in [0.717, 1.165) is 5.69 Å². The fraction of sp³-hybridized carbons (Fsp3) is 0.222. The molecule has 126 valence electrons. The average Bonchev–Trinajstić information content (AvgIpc) is 2.61. The maximum absolute atomic E-state index is 12.2. The summed E-state index contributed by atoms with van der Waals surface area (Å²) in [5, 5.41) is 8.55. The zero-order chi connectivity index (χ0) is 17.2. The van der Waals surface area contributed by atoms with E-state index in [2.05, 4.69) is 16.0 Å². The molecule has 0 fully saturated rings. The van der Waals surface area contributed by atoms with Gasteiger partial charge in [-0.1, -0.05) is 30.3 Å². The number of benzene rings is 2. The number of ether oxygens (including phenoxy) is 1. The van der Waals surface area contributed by atoms with Crippen molar-refractivity contribution < 1.29 is 14.3 Å². The number of para-hydroxylation sites is 2. The molecule has 0 spiro atoms. The van der Waals surface area contributed by atoms with E-state index in [1.807, 2.05) is 36.4 Å². The Morgan fingerprint density at radius 2 is 1.71 bits per heavy atom. The summed E-state index contributed by atoms with van der Waals surface area (Å²) in [6.45, 7) is 0.941. The molecule has 2 amide bonds. The van der Waals surface area contributed by atoms with Gasteiger partial charge in [0.15, 0.2) is 0 Å². The first-order valence-corrected chi connectivity index (χ1v) is 7.65. The number of rotatable bonds is 8. The van der Waals surface area contributed by atoms with Crippen molar-refractivity contribution in [3.63, 3.8) is 0 Å². The molecule has 0 aliphatic heterocycles. The van der Waals surface area contributed by atoms with Crippen LogP contribution < -0.4 is 16.0 Å². The van der Waals surface area contributed by atoms with Gasteiger partial charge in [-0.15, -0.1) is 0 Å². The number of hydrogen-bond donors (Lipinski definition) is 3. The van der Waals surface area contributed by atoms with Crippen LogP contribution in [-0.4, -0.2) is 38.6 Å². The molecule has 0 aromatic heterocycles. The Morgan fingerprint density at radius 3 is 2.46 bits per heavy atom. The molecule has 0 saturated carbocycles. The number of carbonyl (C=O) groups is 2.